The summed E-state index contributed by atoms with van der Waals surface area (Å²) in [5, 5.41) is 3.79. The van der Waals surface area contributed by atoms with Gasteiger partial charge in [0.15, 0.2) is 6.61 Å². The van der Waals surface area contributed by atoms with Crippen LogP contribution in [-0.4, -0.2) is 18.6 Å². The second-order valence-corrected chi connectivity index (χ2v) is 6.39. The summed E-state index contributed by atoms with van der Waals surface area (Å²) in [6.07, 6.45) is 1.77. The standard InChI is InChI=1S/C19H25NO4/c1-5-6-14-9-19(22)24-17-10-15(7-8-16(14)17)23-11-18(21)20-13(4)12(2)3/h7-10,12-13H,5-6,11H2,1-4H3,(H,20,21)/t13-/m0/s1. The van der Waals surface area contributed by atoms with Crippen LogP contribution < -0.4 is 15.7 Å². The molecule has 0 spiro atoms. The highest BCUT2D eigenvalue weighted by Gasteiger charge is 2.12. The Bertz CT molecular complexity index is 764. The number of rotatable bonds is 7. The van der Waals surface area contributed by atoms with E-state index in [1.165, 1.54) is 6.07 Å². The van der Waals surface area contributed by atoms with Crippen molar-refractivity contribution in [1.82, 2.24) is 5.32 Å². The van der Waals surface area contributed by atoms with E-state index in [-0.39, 0.29) is 24.2 Å². The van der Waals surface area contributed by atoms with Gasteiger partial charge in [0.25, 0.3) is 5.91 Å². The number of hydrogen-bond donors (Lipinski definition) is 1. The quantitative estimate of drug-likeness (QED) is 0.791. The van der Waals surface area contributed by atoms with E-state index in [4.69, 9.17) is 9.15 Å². The van der Waals surface area contributed by atoms with E-state index in [1.54, 1.807) is 12.1 Å². The van der Waals surface area contributed by atoms with Crippen LogP contribution in [0.2, 0.25) is 0 Å². The lowest BCUT2D eigenvalue weighted by atomic mass is 10.1. The molecule has 1 heterocycles. The van der Waals surface area contributed by atoms with Gasteiger partial charge in [0.2, 0.25) is 0 Å². The topological polar surface area (TPSA) is 68.5 Å². The van der Waals surface area contributed by atoms with Gasteiger partial charge in [-0.25, -0.2) is 4.79 Å². The van der Waals surface area contributed by atoms with E-state index in [0.29, 0.717) is 17.3 Å². The number of carbonyl (C=O) groups excluding carboxylic acids is 1. The summed E-state index contributed by atoms with van der Waals surface area (Å²) in [5.74, 6) is 0.699. The van der Waals surface area contributed by atoms with Gasteiger partial charge in [0.05, 0.1) is 0 Å². The fourth-order valence-electron chi connectivity index (χ4n) is 2.39. The second kappa shape index (κ2) is 7.99. The van der Waals surface area contributed by atoms with Crippen LogP contribution in [0.3, 0.4) is 0 Å². The summed E-state index contributed by atoms with van der Waals surface area (Å²) in [6, 6.07) is 6.95. The molecule has 130 valence electrons. The predicted octanol–water partition coefficient (Wildman–Crippen LogP) is 3.29. The van der Waals surface area contributed by atoms with Gasteiger partial charge in [0.1, 0.15) is 11.3 Å². The Morgan fingerprint density at radius 3 is 2.67 bits per heavy atom. The van der Waals surface area contributed by atoms with Gasteiger partial charge < -0.3 is 14.5 Å². The molecule has 24 heavy (non-hydrogen) atoms. The molecule has 0 bridgehead atoms. The van der Waals surface area contributed by atoms with Crippen molar-refractivity contribution >= 4 is 16.9 Å². The lowest BCUT2D eigenvalue weighted by molar-refractivity contribution is -0.124. The molecule has 0 fully saturated rings. The van der Waals surface area contributed by atoms with Crippen LogP contribution in [-0.2, 0) is 11.2 Å². The average Bonchev–Trinajstić information content (AvgIpc) is 2.52. The van der Waals surface area contributed by atoms with Crippen LogP contribution in [0.15, 0.2) is 33.5 Å². The highest BCUT2D eigenvalue weighted by atomic mass is 16.5. The molecule has 1 aromatic heterocycles. The summed E-state index contributed by atoms with van der Waals surface area (Å²) < 4.78 is 10.8. The number of ether oxygens (including phenoxy) is 1. The van der Waals surface area contributed by atoms with E-state index < -0.39 is 0 Å². The van der Waals surface area contributed by atoms with E-state index >= 15 is 0 Å². The summed E-state index contributed by atoms with van der Waals surface area (Å²) in [4.78, 5) is 23.5. The lowest BCUT2D eigenvalue weighted by Crippen LogP contribution is -2.38. The minimum atomic E-state index is -0.369. The van der Waals surface area contributed by atoms with Crippen LogP contribution in [0.1, 0.15) is 39.7 Å². The van der Waals surface area contributed by atoms with Gasteiger partial charge in [-0.15, -0.1) is 0 Å². The van der Waals surface area contributed by atoms with Crippen molar-refractivity contribution in [3.63, 3.8) is 0 Å². The molecule has 0 aliphatic heterocycles. The number of amides is 1. The number of benzene rings is 1. The lowest BCUT2D eigenvalue weighted by Gasteiger charge is -2.17. The van der Waals surface area contributed by atoms with Crippen LogP contribution >= 0.6 is 0 Å². The van der Waals surface area contributed by atoms with E-state index in [9.17, 15) is 9.59 Å². The van der Waals surface area contributed by atoms with Crippen molar-refractivity contribution in [2.45, 2.75) is 46.6 Å². The van der Waals surface area contributed by atoms with Gasteiger partial charge in [-0.05, 0) is 37.0 Å². The molecule has 1 aromatic carbocycles. The Labute approximate surface area is 142 Å². The molecule has 0 saturated heterocycles. The van der Waals surface area contributed by atoms with Crippen molar-refractivity contribution in [1.29, 1.82) is 0 Å². The number of hydrogen-bond acceptors (Lipinski definition) is 4. The third kappa shape index (κ3) is 4.60. The maximum atomic E-state index is 11.9. The smallest absolute Gasteiger partial charge is 0.336 e. The van der Waals surface area contributed by atoms with E-state index in [1.807, 2.05) is 26.8 Å². The van der Waals surface area contributed by atoms with Crippen molar-refractivity contribution < 1.29 is 13.9 Å². The Kier molecular flexibility index (Phi) is 6.01. The van der Waals surface area contributed by atoms with Crippen LogP contribution in [0.5, 0.6) is 5.75 Å². The maximum absolute atomic E-state index is 11.9. The molecule has 5 heteroatoms. The fourth-order valence-corrected chi connectivity index (χ4v) is 2.39. The molecule has 0 saturated carbocycles. The zero-order chi connectivity index (χ0) is 17.7. The monoisotopic (exact) mass is 331 g/mol. The molecule has 1 atom stereocenters. The fraction of sp³-hybridized carbons (Fsp3) is 0.474. The normalized spacial score (nSPS) is 12.4. The molecule has 5 nitrogen and oxygen atoms in total. The van der Waals surface area contributed by atoms with Crippen molar-refractivity contribution in [2.75, 3.05) is 6.61 Å². The highest BCUT2D eigenvalue weighted by molar-refractivity contribution is 5.82. The van der Waals surface area contributed by atoms with Gasteiger partial charge in [-0.2, -0.15) is 0 Å². The number of fused-ring (bicyclic) bond motifs is 1. The molecular weight excluding hydrogens is 306 g/mol. The van der Waals surface area contributed by atoms with Crippen molar-refractivity contribution in [2.24, 2.45) is 5.92 Å². The summed E-state index contributed by atoms with van der Waals surface area (Å²) in [6.45, 7) is 8.05. The molecular formula is C19H25NO4. The highest BCUT2D eigenvalue weighted by Crippen LogP contribution is 2.23. The van der Waals surface area contributed by atoms with E-state index in [0.717, 1.165) is 23.8 Å². The van der Waals surface area contributed by atoms with Crippen LogP contribution in [0, 0.1) is 5.92 Å². The largest absolute Gasteiger partial charge is 0.484 e. The summed E-state index contributed by atoms with van der Waals surface area (Å²) in [7, 11) is 0. The molecule has 0 aliphatic rings. The number of nitrogens with one attached hydrogen (secondary N) is 1. The number of aryl methyl sites for hydroxylation is 1. The Morgan fingerprint density at radius 1 is 1.25 bits per heavy atom. The van der Waals surface area contributed by atoms with Crippen molar-refractivity contribution in [3.05, 3.63) is 40.2 Å². The Morgan fingerprint density at radius 2 is 2.00 bits per heavy atom. The van der Waals surface area contributed by atoms with Gasteiger partial charge in [-0.3, -0.25) is 4.79 Å². The minimum Gasteiger partial charge on any atom is -0.484 e. The molecule has 2 aromatic rings. The molecule has 0 aliphatic carbocycles. The zero-order valence-electron chi connectivity index (χ0n) is 14.7. The first-order chi connectivity index (χ1) is 11.4. The molecule has 2 rings (SSSR count). The first kappa shape index (κ1) is 18.0. The van der Waals surface area contributed by atoms with Gasteiger partial charge >= 0.3 is 5.63 Å². The van der Waals surface area contributed by atoms with Gasteiger partial charge in [0, 0.05) is 23.6 Å². The predicted molar refractivity (Wildman–Crippen MR) is 94.4 cm³/mol. The van der Waals surface area contributed by atoms with Gasteiger partial charge in [-0.1, -0.05) is 27.2 Å². The third-order valence-corrected chi connectivity index (χ3v) is 4.08. The summed E-state index contributed by atoms with van der Waals surface area (Å²) in [5.41, 5.74) is 1.09. The minimum absolute atomic E-state index is 0.0680. The first-order valence-electron chi connectivity index (χ1n) is 8.39. The first-order valence-corrected chi connectivity index (χ1v) is 8.39. The molecule has 0 radical (unpaired) electrons. The van der Waals surface area contributed by atoms with E-state index in [2.05, 4.69) is 12.2 Å². The van der Waals surface area contributed by atoms with Crippen molar-refractivity contribution in [3.8, 4) is 5.75 Å². The third-order valence-electron chi connectivity index (χ3n) is 4.08. The number of carbonyl (C=O) groups is 1. The Balaban J connectivity index is 2.11. The molecule has 0 unspecified atom stereocenters. The van der Waals surface area contributed by atoms with Crippen LogP contribution in [0.4, 0.5) is 0 Å². The maximum Gasteiger partial charge on any atom is 0.336 e. The molecule has 1 amide bonds. The summed E-state index contributed by atoms with van der Waals surface area (Å²) >= 11 is 0. The molecule has 1 N–H and O–H groups in total. The average molecular weight is 331 g/mol. The second-order valence-electron chi connectivity index (χ2n) is 6.39. The Hall–Kier alpha value is -2.30. The zero-order valence-corrected chi connectivity index (χ0v) is 14.7. The SMILES string of the molecule is CCCc1cc(=O)oc2cc(OCC(=O)N[C@@H](C)C(C)C)ccc12. The van der Waals surface area contributed by atoms with Crippen LogP contribution in [0.25, 0.3) is 11.0 Å².